The summed E-state index contributed by atoms with van der Waals surface area (Å²) >= 11 is 7.50. The number of hydrogen-bond acceptors (Lipinski definition) is 2. The van der Waals surface area contributed by atoms with E-state index >= 15 is 0 Å². The van der Waals surface area contributed by atoms with Gasteiger partial charge in [0.1, 0.15) is 5.01 Å². The van der Waals surface area contributed by atoms with Crippen molar-refractivity contribution >= 4 is 22.9 Å². The van der Waals surface area contributed by atoms with Crippen molar-refractivity contribution in [1.82, 2.24) is 4.98 Å². The van der Waals surface area contributed by atoms with E-state index in [4.69, 9.17) is 11.6 Å². The molecule has 0 aliphatic rings. The first-order chi connectivity index (χ1) is 7.20. The van der Waals surface area contributed by atoms with Gasteiger partial charge in [0.05, 0.1) is 11.6 Å². The number of aryl methyl sites for hydroxylation is 2. The zero-order valence-corrected chi connectivity index (χ0v) is 10.3. The van der Waals surface area contributed by atoms with Gasteiger partial charge in [-0.2, -0.15) is 0 Å². The smallest absolute Gasteiger partial charge is 0.123 e. The molecule has 0 N–H and O–H groups in total. The van der Waals surface area contributed by atoms with Gasteiger partial charge >= 0.3 is 0 Å². The van der Waals surface area contributed by atoms with E-state index in [0.29, 0.717) is 5.88 Å². The maximum atomic E-state index is 5.83. The minimum Gasteiger partial charge on any atom is -0.241 e. The summed E-state index contributed by atoms with van der Waals surface area (Å²) in [7, 11) is 0. The summed E-state index contributed by atoms with van der Waals surface area (Å²) in [5.74, 6) is 0.551. The van der Waals surface area contributed by atoms with Crippen molar-refractivity contribution in [3.05, 3.63) is 40.4 Å². The third-order valence-electron chi connectivity index (χ3n) is 2.31. The Morgan fingerprint density at radius 1 is 1.20 bits per heavy atom. The Labute approximate surface area is 98.7 Å². The predicted octanol–water partition coefficient (Wildman–Crippen LogP) is 4.17. The third kappa shape index (κ3) is 2.21. The fourth-order valence-corrected chi connectivity index (χ4v) is 2.65. The Morgan fingerprint density at radius 2 is 1.87 bits per heavy atom. The minimum atomic E-state index is 0.551. The van der Waals surface area contributed by atoms with Crippen molar-refractivity contribution in [2.75, 3.05) is 0 Å². The molecule has 78 valence electrons. The van der Waals surface area contributed by atoms with E-state index in [1.807, 2.05) is 6.92 Å². The van der Waals surface area contributed by atoms with E-state index in [0.717, 1.165) is 15.6 Å². The molecule has 1 heterocycles. The summed E-state index contributed by atoms with van der Waals surface area (Å²) in [6.07, 6.45) is 0. The van der Waals surface area contributed by atoms with Gasteiger partial charge in [0.25, 0.3) is 0 Å². The van der Waals surface area contributed by atoms with Gasteiger partial charge < -0.3 is 0 Å². The molecule has 0 unspecified atom stereocenters. The molecule has 1 nitrogen and oxygen atoms in total. The maximum absolute atomic E-state index is 5.83. The molecule has 0 bridgehead atoms. The molecule has 0 atom stereocenters. The van der Waals surface area contributed by atoms with E-state index in [9.17, 15) is 0 Å². The Kier molecular flexibility index (Phi) is 3.08. The van der Waals surface area contributed by atoms with Crippen LogP contribution in [-0.4, -0.2) is 4.98 Å². The van der Waals surface area contributed by atoms with Gasteiger partial charge in [0.2, 0.25) is 0 Å². The van der Waals surface area contributed by atoms with Crippen LogP contribution >= 0.6 is 22.9 Å². The van der Waals surface area contributed by atoms with E-state index in [-0.39, 0.29) is 0 Å². The van der Waals surface area contributed by atoms with Crippen LogP contribution in [0.4, 0.5) is 0 Å². The molecule has 0 spiro atoms. The summed E-state index contributed by atoms with van der Waals surface area (Å²) in [6.45, 7) is 4.09. The summed E-state index contributed by atoms with van der Waals surface area (Å²) in [5, 5.41) is 1.06. The monoisotopic (exact) mass is 237 g/mol. The van der Waals surface area contributed by atoms with Crippen molar-refractivity contribution in [1.29, 1.82) is 0 Å². The molecule has 15 heavy (non-hydrogen) atoms. The number of rotatable bonds is 2. The van der Waals surface area contributed by atoms with E-state index in [1.165, 1.54) is 11.1 Å². The van der Waals surface area contributed by atoms with Crippen LogP contribution in [0.3, 0.4) is 0 Å². The zero-order valence-electron chi connectivity index (χ0n) is 8.75. The van der Waals surface area contributed by atoms with Gasteiger partial charge in [-0.05, 0) is 13.8 Å². The molecule has 0 radical (unpaired) electrons. The summed E-state index contributed by atoms with van der Waals surface area (Å²) in [4.78, 5) is 5.67. The largest absolute Gasteiger partial charge is 0.241 e. The number of thiazole rings is 1. The first-order valence-corrected chi connectivity index (χ1v) is 6.15. The van der Waals surface area contributed by atoms with Gasteiger partial charge in [-0.15, -0.1) is 22.9 Å². The van der Waals surface area contributed by atoms with Gasteiger partial charge in [-0.1, -0.05) is 29.8 Å². The van der Waals surface area contributed by atoms with Crippen molar-refractivity contribution in [2.24, 2.45) is 0 Å². The molecule has 0 saturated heterocycles. The SMILES string of the molecule is Cc1ccc(-c2nc(C)c(CCl)s2)cc1. The lowest BCUT2D eigenvalue weighted by Gasteiger charge is -1.96. The first-order valence-electron chi connectivity index (χ1n) is 4.80. The average Bonchev–Trinajstić information content (AvgIpc) is 2.61. The lowest BCUT2D eigenvalue weighted by molar-refractivity contribution is 1.22. The van der Waals surface area contributed by atoms with E-state index in [1.54, 1.807) is 11.3 Å². The Balaban J connectivity index is 2.41. The lowest BCUT2D eigenvalue weighted by Crippen LogP contribution is -1.78. The number of benzene rings is 1. The second-order valence-electron chi connectivity index (χ2n) is 3.53. The van der Waals surface area contributed by atoms with Gasteiger partial charge in [0, 0.05) is 10.4 Å². The Hall–Kier alpha value is -0.860. The Bertz CT molecular complexity index is 459. The van der Waals surface area contributed by atoms with E-state index < -0.39 is 0 Å². The van der Waals surface area contributed by atoms with Crippen LogP contribution in [0.5, 0.6) is 0 Å². The average molecular weight is 238 g/mol. The normalized spacial score (nSPS) is 10.6. The van der Waals surface area contributed by atoms with Crippen LogP contribution in [0.25, 0.3) is 10.6 Å². The molecular formula is C12H12ClNS. The summed E-state index contributed by atoms with van der Waals surface area (Å²) < 4.78 is 0. The molecule has 0 saturated carbocycles. The highest BCUT2D eigenvalue weighted by Crippen LogP contribution is 2.28. The molecule has 3 heteroatoms. The van der Waals surface area contributed by atoms with Crippen LogP contribution in [0.15, 0.2) is 24.3 Å². The number of hydrogen-bond donors (Lipinski definition) is 0. The van der Waals surface area contributed by atoms with Crippen molar-refractivity contribution in [3.8, 4) is 10.6 Å². The molecule has 1 aromatic carbocycles. The highest BCUT2D eigenvalue weighted by molar-refractivity contribution is 7.15. The highest BCUT2D eigenvalue weighted by atomic mass is 35.5. The van der Waals surface area contributed by atoms with Crippen LogP contribution < -0.4 is 0 Å². The summed E-state index contributed by atoms with van der Waals surface area (Å²) in [5.41, 5.74) is 3.49. The van der Waals surface area contributed by atoms with E-state index in [2.05, 4.69) is 36.2 Å². The topological polar surface area (TPSA) is 12.9 Å². The molecule has 0 amide bonds. The van der Waals surface area contributed by atoms with Gasteiger partial charge in [0.15, 0.2) is 0 Å². The van der Waals surface area contributed by atoms with Crippen LogP contribution in [0, 0.1) is 13.8 Å². The standard InChI is InChI=1S/C12H12ClNS/c1-8-3-5-10(6-4-8)12-14-9(2)11(7-13)15-12/h3-6H,7H2,1-2H3. The Morgan fingerprint density at radius 3 is 2.40 bits per heavy atom. The highest BCUT2D eigenvalue weighted by Gasteiger charge is 2.07. The van der Waals surface area contributed by atoms with Crippen LogP contribution in [0.2, 0.25) is 0 Å². The minimum absolute atomic E-state index is 0.551. The van der Waals surface area contributed by atoms with Gasteiger partial charge in [-0.25, -0.2) is 4.98 Å². The maximum Gasteiger partial charge on any atom is 0.123 e. The van der Waals surface area contributed by atoms with Crippen LogP contribution in [0.1, 0.15) is 16.1 Å². The van der Waals surface area contributed by atoms with Crippen molar-refractivity contribution in [3.63, 3.8) is 0 Å². The zero-order chi connectivity index (χ0) is 10.8. The molecule has 0 aliphatic heterocycles. The predicted molar refractivity (Wildman–Crippen MR) is 66.6 cm³/mol. The molecule has 2 aromatic rings. The van der Waals surface area contributed by atoms with Crippen LogP contribution in [-0.2, 0) is 5.88 Å². The fraction of sp³-hybridized carbons (Fsp3) is 0.250. The molecule has 1 aromatic heterocycles. The van der Waals surface area contributed by atoms with Gasteiger partial charge in [-0.3, -0.25) is 0 Å². The molecule has 0 fully saturated rings. The second-order valence-corrected chi connectivity index (χ2v) is 4.88. The first kappa shape index (κ1) is 10.7. The lowest BCUT2D eigenvalue weighted by atomic mass is 10.2. The fourth-order valence-electron chi connectivity index (χ4n) is 1.37. The number of nitrogens with zero attached hydrogens (tertiary/aromatic N) is 1. The van der Waals surface area contributed by atoms with Crippen molar-refractivity contribution in [2.45, 2.75) is 19.7 Å². The number of alkyl halides is 1. The summed E-state index contributed by atoms with van der Waals surface area (Å²) in [6, 6.07) is 8.41. The molecular weight excluding hydrogens is 226 g/mol. The molecule has 2 rings (SSSR count). The number of halogens is 1. The third-order valence-corrected chi connectivity index (χ3v) is 3.94. The second kappa shape index (κ2) is 4.33. The van der Waals surface area contributed by atoms with Crippen molar-refractivity contribution < 1.29 is 0 Å². The number of aromatic nitrogens is 1. The quantitative estimate of drug-likeness (QED) is 0.715. The molecule has 0 aliphatic carbocycles.